The SMILES string of the molecule is CCCCCOc1c(Br)cc(CC(C)N)cc1OC. The van der Waals surface area contributed by atoms with E-state index in [1.165, 1.54) is 12.8 Å². The first-order valence-corrected chi connectivity index (χ1v) is 7.62. The molecular formula is C15H24BrNO2. The largest absolute Gasteiger partial charge is 0.493 e. The molecule has 108 valence electrons. The molecule has 0 amide bonds. The van der Waals surface area contributed by atoms with E-state index in [9.17, 15) is 0 Å². The topological polar surface area (TPSA) is 44.5 Å². The second kappa shape index (κ2) is 8.43. The quantitative estimate of drug-likeness (QED) is 0.735. The maximum atomic E-state index is 5.83. The molecule has 1 unspecified atom stereocenters. The number of benzene rings is 1. The summed E-state index contributed by atoms with van der Waals surface area (Å²) in [4.78, 5) is 0. The average Bonchev–Trinajstić information content (AvgIpc) is 2.35. The highest BCUT2D eigenvalue weighted by Gasteiger charge is 2.12. The Morgan fingerprint density at radius 3 is 2.63 bits per heavy atom. The molecule has 1 rings (SSSR count). The summed E-state index contributed by atoms with van der Waals surface area (Å²) in [6.45, 7) is 4.89. The van der Waals surface area contributed by atoms with Gasteiger partial charge in [0.1, 0.15) is 0 Å². The summed E-state index contributed by atoms with van der Waals surface area (Å²) in [5.41, 5.74) is 6.98. The van der Waals surface area contributed by atoms with Gasteiger partial charge in [-0.3, -0.25) is 0 Å². The van der Waals surface area contributed by atoms with Gasteiger partial charge in [-0.05, 0) is 53.4 Å². The third kappa shape index (κ3) is 5.41. The van der Waals surface area contributed by atoms with E-state index in [-0.39, 0.29) is 6.04 Å². The summed E-state index contributed by atoms with van der Waals surface area (Å²) in [6.07, 6.45) is 4.26. The Balaban J connectivity index is 2.79. The molecule has 0 aliphatic carbocycles. The second-order valence-corrected chi connectivity index (χ2v) is 5.70. The molecule has 19 heavy (non-hydrogen) atoms. The number of unbranched alkanes of at least 4 members (excludes halogenated alkanes) is 2. The molecular weight excluding hydrogens is 306 g/mol. The van der Waals surface area contributed by atoms with E-state index in [1.54, 1.807) is 7.11 Å². The minimum atomic E-state index is 0.132. The first kappa shape index (κ1) is 16.3. The molecule has 0 saturated heterocycles. The third-order valence-electron chi connectivity index (χ3n) is 2.84. The molecule has 0 radical (unpaired) electrons. The van der Waals surface area contributed by atoms with Crippen molar-refractivity contribution in [1.29, 1.82) is 0 Å². The predicted octanol–water partition coefficient (Wildman–Crippen LogP) is 3.92. The summed E-state index contributed by atoms with van der Waals surface area (Å²) in [5.74, 6) is 1.55. The van der Waals surface area contributed by atoms with Gasteiger partial charge < -0.3 is 15.2 Å². The first-order chi connectivity index (χ1) is 9.08. The van der Waals surface area contributed by atoms with Crippen molar-refractivity contribution in [3.8, 4) is 11.5 Å². The summed E-state index contributed by atoms with van der Waals surface area (Å²) < 4.78 is 12.2. The Bertz CT molecular complexity index is 394. The molecule has 0 aliphatic rings. The molecule has 3 nitrogen and oxygen atoms in total. The molecule has 0 aliphatic heterocycles. The Kier molecular flexibility index (Phi) is 7.24. The molecule has 0 heterocycles. The minimum absolute atomic E-state index is 0.132. The average molecular weight is 330 g/mol. The number of methoxy groups -OCH3 is 1. The van der Waals surface area contributed by atoms with Crippen LogP contribution in [0.4, 0.5) is 0 Å². The Labute approximate surface area is 124 Å². The molecule has 1 aromatic rings. The standard InChI is InChI=1S/C15H24BrNO2/c1-4-5-6-7-19-15-13(16)9-12(8-11(2)17)10-14(15)18-3/h9-11H,4-8,17H2,1-3H3. The first-order valence-electron chi connectivity index (χ1n) is 6.83. The minimum Gasteiger partial charge on any atom is -0.493 e. The van der Waals surface area contributed by atoms with Gasteiger partial charge in [-0.25, -0.2) is 0 Å². The van der Waals surface area contributed by atoms with Crippen LogP contribution in [-0.4, -0.2) is 19.8 Å². The van der Waals surface area contributed by atoms with E-state index >= 15 is 0 Å². The van der Waals surface area contributed by atoms with Crippen LogP contribution in [-0.2, 0) is 6.42 Å². The van der Waals surface area contributed by atoms with Crippen LogP contribution in [0, 0.1) is 0 Å². The van der Waals surface area contributed by atoms with Gasteiger partial charge in [0.15, 0.2) is 11.5 Å². The zero-order valence-electron chi connectivity index (χ0n) is 12.0. The van der Waals surface area contributed by atoms with Crippen molar-refractivity contribution in [3.05, 3.63) is 22.2 Å². The fraction of sp³-hybridized carbons (Fsp3) is 0.600. The molecule has 0 bridgehead atoms. The Morgan fingerprint density at radius 1 is 1.32 bits per heavy atom. The fourth-order valence-corrected chi connectivity index (χ4v) is 2.53. The van der Waals surface area contributed by atoms with Gasteiger partial charge in [0, 0.05) is 6.04 Å². The molecule has 0 spiro atoms. The van der Waals surface area contributed by atoms with E-state index in [4.69, 9.17) is 15.2 Å². The fourth-order valence-electron chi connectivity index (χ4n) is 1.93. The second-order valence-electron chi connectivity index (χ2n) is 4.85. The number of hydrogen-bond acceptors (Lipinski definition) is 3. The van der Waals surface area contributed by atoms with E-state index in [0.717, 1.165) is 41.0 Å². The number of ether oxygens (including phenoxy) is 2. The van der Waals surface area contributed by atoms with Crippen LogP contribution in [0.2, 0.25) is 0 Å². The summed E-state index contributed by atoms with van der Waals surface area (Å²) in [6, 6.07) is 4.19. The van der Waals surface area contributed by atoms with Gasteiger partial charge in [-0.2, -0.15) is 0 Å². The number of nitrogens with two attached hydrogens (primary N) is 1. The highest BCUT2D eigenvalue weighted by atomic mass is 79.9. The summed E-state index contributed by atoms with van der Waals surface area (Å²) in [7, 11) is 1.66. The highest BCUT2D eigenvalue weighted by Crippen LogP contribution is 2.37. The lowest BCUT2D eigenvalue weighted by Gasteiger charge is -2.15. The lowest BCUT2D eigenvalue weighted by atomic mass is 10.1. The van der Waals surface area contributed by atoms with Crippen LogP contribution >= 0.6 is 15.9 Å². The maximum Gasteiger partial charge on any atom is 0.175 e. The van der Waals surface area contributed by atoms with Gasteiger partial charge in [-0.1, -0.05) is 19.8 Å². The van der Waals surface area contributed by atoms with Crippen LogP contribution in [0.25, 0.3) is 0 Å². The van der Waals surface area contributed by atoms with E-state index in [0.29, 0.717) is 0 Å². The van der Waals surface area contributed by atoms with Crippen LogP contribution in [0.1, 0.15) is 38.7 Å². The molecule has 1 aromatic carbocycles. The van der Waals surface area contributed by atoms with E-state index in [2.05, 4.69) is 28.9 Å². The molecule has 0 aromatic heterocycles. The van der Waals surface area contributed by atoms with Gasteiger partial charge in [0.2, 0.25) is 0 Å². The molecule has 4 heteroatoms. The number of rotatable bonds is 8. The van der Waals surface area contributed by atoms with Crippen molar-refractivity contribution >= 4 is 15.9 Å². The molecule has 2 N–H and O–H groups in total. The highest BCUT2D eigenvalue weighted by molar-refractivity contribution is 9.10. The Hall–Kier alpha value is -0.740. The van der Waals surface area contributed by atoms with Gasteiger partial charge >= 0.3 is 0 Å². The molecule has 0 saturated carbocycles. The van der Waals surface area contributed by atoms with Crippen molar-refractivity contribution in [3.63, 3.8) is 0 Å². The number of halogens is 1. The smallest absolute Gasteiger partial charge is 0.175 e. The van der Waals surface area contributed by atoms with Crippen LogP contribution < -0.4 is 15.2 Å². The van der Waals surface area contributed by atoms with Crippen molar-refractivity contribution in [2.45, 2.75) is 45.6 Å². The molecule has 0 fully saturated rings. The van der Waals surface area contributed by atoms with E-state index < -0.39 is 0 Å². The third-order valence-corrected chi connectivity index (χ3v) is 3.43. The van der Waals surface area contributed by atoms with Crippen LogP contribution in [0.5, 0.6) is 11.5 Å². The van der Waals surface area contributed by atoms with Crippen LogP contribution in [0.3, 0.4) is 0 Å². The monoisotopic (exact) mass is 329 g/mol. The lowest BCUT2D eigenvalue weighted by Crippen LogP contribution is -2.17. The van der Waals surface area contributed by atoms with E-state index in [1.807, 2.05) is 13.0 Å². The summed E-state index contributed by atoms with van der Waals surface area (Å²) in [5, 5.41) is 0. The van der Waals surface area contributed by atoms with Crippen molar-refractivity contribution in [2.75, 3.05) is 13.7 Å². The zero-order valence-corrected chi connectivity index (χ0v) is 13.6. The van der Waals surface area contributed by atoms with Gasteiger partial charge in [-0.15, -0.1) is 0 Å². The summed E-state index contributed by atoms with van der Waals surface area (Å²) >= 11 is 3.55. The number of hydrogen-bond donors (Lipinski definition) is 1. The lowest BCUT2D eigenvalue weighted by molar-refractivity contribution is 0.284. The van der Waals surface area contributed by atoms with Crippen molar-refractivity contribution in [1.82, 2.24) is 0 Å². The normalized spacial score (nSPS) is 12.3. The van der Waals surface area contributed by atoms with Crippen molar-refractivity contribution < 1.29 is 9.47 Å². The van der Waals surface area contributed by atoms with Crippen LogP contribution in [0.15, 0.2) is 16.6 Å². The Morgan fingerprint density at radius 2 is 2.05 bits per heavy atom. The zero-order chi connectivity index (χ0) is 14.3. The molecule has 1 atom stereocenters. The van der Waals surface area contributed by atoms with Gasteiger partial charge in [0.25, 0.3) is 0 Å². The maximum absolute atomic E-state index is 5.83. The van der Waals surface area contributed by atoms with Crippen molar-refractivity contribution in [2.24, 2.45) is 5.73 Å². The predicted molar refractivity (Wildman–Crippen MR) is 83.1 cm³/mol. The van der Waals surface area contributed by atoms with Gasteiger partial charge in [0.05, 0.1) is 18.2 Å².